The van der Waals surface area contributed by atoms with Crippen LogP contribution >= 0.6 is 0 Å². The average Bonchev–Trinajstić information content (AvgIpc) is 3.05. The molecule has 0 aliphatic carbocycles. The predicted molar refractivity (Wildman–Crippen MR) is 204 cm³/mol. The number of ether oxygens (including phenoxy) is 1. The molecular formula is C43H78O4. The molecule has 0 saturated heterocycles. The maximum atomic E-state index is 12.7. The lowest BCUT2D eigenvalue weighted by molar-refractivity contribution is -0.150. The average molecular weight is 659 g/mol. The van der Waals surface area contributed by atoms with Gasteiger partial charge in [0, 0.05) is 12.8 Å². The number of allylic oxidation sites excluding steroid dienone is 6. The molecule has 1 N–H and O–H groups in total. The molecule has 0 aromatic carbocycles. The summed E-state index contributed by atoms with van der Waals surface area (Å²) in [5.41, 5.74) is 0. The normalized spacial score (nSPS) is 12.6. The Hall–Kier alpha value is -1.84. The number of esters is 1. The van der Waals surface area contributed by atoms with Crippen molar-refractivity contribution in [3.05, 3.63) is 36.5 Å². The van der Waals surface area contributed by atoms with E-state index in [1.165, 1.54) is 96.3 Å². The molecule has 0 amide bonds. The van der Waals surface area contributed by atoms with Gasteiger partial charge < -0.3 is 9.84 Å². The summed E-state index contributed by atoms with van der Waals surface area (Å²) in [6.45, 7) is 4.44. The standard InChI is InChI=1S/C43H78O4/c1-3-5-7-9-11-13-15-17-18-19-21-22-24-26-29-33-37-41(38-34-30-28-31-35-39-42(44)45)47-43(46)40-36-32-27-25-23-20-16-14-12-10-8-6-4-2/h6,8,12,14,20,23,41H,3-5,7,9-11,13,15-19,21-22,24-40H2,1-2H3,(H,44,45)/b8-6-,14-12-,23-20-. The third-order valence-corrected chi connectivity index (χ3v) is 9.13. The summed E-state index contributed by atoms with van der Waals surface area (Å²) in [5, 5.41) is 8.83. The van der Waals surface area contributed by atoms with Crippen molar-refractivity contribution in [3.63, 3.8) is 0 Å². The Bertz CT molecular complexity index is 753. The van der Waals surface area contributed by atoms with E-state index < -0.39 is 5.97 Å². The molecule has 274 valence electrons. The molecule has 0 aliphatic heterocycles. The Kier molecular flexibility index (Phi) is 37.1. The summed E-state index contributed by atoms with van der Waals surface area (Å²) in [5.74, 6) is -0.725. The first-order chi connectivity index (χ1) is 23.1. The minimum atomic E-state index is -0.703. The fourth-order valence-electron chi connectivity index (χ4n) is 6.14. The molecule has 47 heavy (non-hydrogen) atoms. The molecule has 0 radical (unpaired) electrons. The minimum Gasteiger partial charge on any atom is -0.481 e. The number of carbonyl (C=O) groups excluding carboxylic acids is 1. The Balaban J connectivity index is 4.06. The lowest BCUT2D eigenvalue weighted by Crippen LogP contribution is -2.18. The number of carboxylic acids is 1. The molecule has 0 saturated carbocycles. The third kappa shape index (κ3) is 38.5. The number of rotatable bonds is 37. The number of carboxylic acid groups (broad SMARTS) is 1. The second kappa shape index (κ2) is 38.6. The van der Waals surface area contributed by atoms with Crippen LogP contribution in [0.25, 0.3) is 0 Å². The number of hydrogen-bond acceptors (Lipinski definition) is 3. The van der Waals surface area contributed by atoms with E-state index in [9.17, 15) is 9.59 Å². The molecule has 0 aliphatic rings. The number of carbonyl (C=O) groups is 2. The van der Waals surface area contributed by atoms with E-state index in [0.717, 1.165) is 96.3 Å². The van der Waals surface area contributed by atoms with Gasteiger partial charge >= 0.3 is 11.9 Å². The zero-order valence-electron chi connectivity index (χ0n) is 31.3. The Morgan fingerprint density at radius 1 is 0.489 bits per heavy atom. The first-order valence-electron chi connectivity index (χ1n) is 20.5. The molecule has 0 rings (SSSR count). The highest BCUT2D eigenvalue weighted by atomic mass is 16.5. The van der Waals surface area contributed by atoms with Crippen LogP contribution in [0.4, 0.5) is 0 Å². The zero-order chi connectivity index (χ0) is 34.3. The predicted octanol–water partition coefficient (Wildman–Crippen LogP) is 14.2. The molecule has 0 bridgehead atoms. The third-order valence-electron chi connectivity index (χ3n) is 9.13. The molecule has 0 heterocycles. The number of hydrogen-bond donors (Lipinski definition) is 1. The second-order valence-electron chi connectivity index (χ2n) is 13.8. The van der Waals surface area contributed by atoms with Gasteiger partial charge in [-0.2, -0.15) is 0 Å². The monoisotopic (exact) mass is 659 g/mol. The smallest absolute Gasteiger partial charge is 0.306 e. The highest BCUT2D eigenvalue weighted by Crippen LogP contribution is 2.19. The summed E-state index contributed by atoms with van der Waals surface area (Å²) in [6, 6.07) is 0. The van der Waals surface area contributed by atoms with Crippen molar-refractivity contribution in [2.75, 3.05) is 0 Å². The van der Waals surface area contributed by atoms with Crippen LogP contribution < -0.4 is 0 Å². The van der Waals surface area contributed by atoms with Crippen molar-refractivity contribution < 1.29 is 19.4 Å². The lowest BCUT2D eigenvalue weighted by atomic mass is 10.0. The van der Waals surface area contributed by atoms with Gasteiger partial charge in [-0.25, -0.2) is 0 Å². The van der Waals surface area contributed by atoms with Crippen molar-refractivity contribution in [3.8, 4) is 0 Å². The van der Waals surface area contributed by atoms with Gasteiger partial charge in [0.1, 0.15) is 6.10 Å². The van der Waals surface area contributed by atoms with Gasteiger partial charge in [0.2, 0.25) is 0 Å². The van der Waals surface area contributed by atoms with Crippen molar-refractivity contribution in [1.29, 1.82) is 0 Å². The maximum absolute atomic E-state index is 12.7. The van der Waals surface area contributed by atoms with Crippen LogP contribution in [0.3, 0.4) is 0 Å². The van der Waals surface area contributed by atoms with Crippen molar-refractivity contribution in [1.82, 2.24) is 0 Å². The molecule has 4 heteroatoms. The Morgan fingerprint density at radius 3 is 1.38 bits per heavy atom. The number of unbranched alkanes of at least 4 members (excludes halogenated alkanes) is 22. The van der Waals surface area contributed by atoms with E-state index in [-0.39, 0.29) is 18.5 Å². The summed E-state index contributed by atoms with van der Waals surface area (Å²) in [6.07, 6.45) is 50.2. The van der Waals surface area contributed by atoms with E-state index in [1.54, 1.807) is 0 Å². The van der Waals surface area contributed by atoms with E-state index >= 15 is 0 Å². The van der Waals surface area contributed by atoms with Crippen LogP contribution in [-0.2, 0) is 14.3 Å². The van der Waals surface area contributed by atoms with Gasteiger partial charge in [0.05, 0.1) is 0 Å². The summed E-state index contributed by atoms with van der Waals surface area (Å²) >= 11 is 0. The molecule has 4 nitrogen and oxygen atoms in total. The molecule has 0 spiro atoms. The Labute approximate surface area is 292 Å². The molecule has 0 aromatic rings. The van der Waals surface area contributed by atoms with Crippen LogP contribution in [0.15, 0.2) is 36.5 Å². The SMILES string of the molecule is CC/C=C\C/C=C\C/C=C\CCCCCC(=O)OC(CCCCCCCCCCCCCCCCCC)CCCCCCCC(=O)O. The maximum Gasteiger partial charge on any atom is 0.306 e. The van der Waals surface area contributed by atoms with E-state index in [0.29, 0.717) is 6.42 Å². The quantitative estimate of drug-likeness (QED) is 0.0410. The van der Waals surface area contributed by atoms with Gasteiger partial charge in [-0.1, -0.05) is 172 Å². The minimum absolute atomic E-state index is 0.0225. The van der Waals surface area contributed by atoms with Crippen molar-refractivity contribution >= 4 is 11.9 Å². The first-order valence-corrected chi connectivity index (χ1v) is 20.5. The van der Waals surface area contributed by atoms with E-state index in [2.05, 4.69) is 50.3 Å². The fourth-order valence-corrected chi connectivity index (χ4v) is 6.14. The molecule has 0 aromatic heterocycles. The first kappa shape index (κ1) is 45.2. The van der Waals surface area contributed by atoms with Crippen LogP contribution in [0, 0.1) is 0 Å². The van der Waals surface area contributed by atoms with Crippen molar-refractivity contribution in [2.24, 2.45) is 0 Å². The van der Waals surface area contributed by atoms with Gasteiger partial charge in [-0.15, -0.1) is 0 Å². The molecular weight excluding hydrogens is 580 g/mol. The lowest BCUT2D eigenvalue weighted by Gasteiger charge is -2.18. The fraction of sp³-hybridized carbons (Fsp3) is 0.814. The zero-order valence-corrected chi connectivity index (χ0v) is 31.3. The topological polar surface area (TPSA) is 63.6 Å². The summed E-state index contributed by atoms with van der Waals surface area (Å²) < 4.78 is 6.00. The largest absolute Gasteiger partial charge is 0.481 e. The summed E-state index contributed by atoms with van der Waals surface area (Å²) in [7, 11) is 0. The van der Waals surface area contributed by atoms with Gasteiger partial charge in [0.15, 0.2) is 0 Å². The highest BCUT2D eigenvalue weighted by Gasteiger charge is 2.14. The van der Waals surface area contributed by atoms with E-state index in [1.807, 2.05) is 0 Å². The Morgan fingerprint density at radius 2 is 0.894 bits per heavy atom. The second-order valence-corrected chi connectivity index (χ2v) is 13.8. The van der Waals surface area contributed by atoms with Gasteiger partial charge in [-0.3, -0.25) is 9.59 Å². The highest BCUT2D eigenvalue weighted by molar-refractivity contribution is 5.69. The molecule has 1 unspecified atom stereocenters. The van der Waals surface area contributed by atoms with Crippen LogP contribution in [0.5, 0.6) is 0 Å². The summed E-state index contributed by atoms with van der Waals surface area (Å²) in [4.78, 5) is 23.4. The number of aliphatic carboxylic acids is 1. The van der Waals surface area contributed by atoms with Crippen LogP contribution in [0.1, 0.15) is 219 Å². The van der Waals surface area contributed by atoms with Crippen LogP contribution in [0.2, 0.25) is 0 Å². The van der Waals surface area contributed by atoms with Crippen LogP contribution in [-0.4, -0.2) is 23.1 Å². The molecule has 1 atom stereocenters. The van der Waals surface area contributed by atoms with Gasteiger partial charge in [0.25, 0.3) is 0 Å². The van der Waals surface area contributed by atoms with Crippen molar-refractivity contribution in [2.45, 2.75) is 225 Å². The van der Waals surface area contributed by atoms with E-state index in [4.69, 9.17) is 9.84 Å². The van der Waals surface area contributed by atoms with Gasteiger partial charge in [-0.05, 0) is 70.6 Å². The molecule has 0 fully saturated rings.